The highest BCUT2D eigenvalue weighted by atomic mass is 16.5. The van der Waals surface area contributed by atoms with Crippen LogP contribution >= 0.6 is 0 Å². The number of nitrogens with zero attached hydrogens (tertiary/aromatic N) is 1. The molecule has 0 aliphatic carbocycles. The fraction of sp³-hybridized carbons (Fsp3) is 0.625. The first-order valence-corrected chi connectivity index (χ1v) is 7.55. The molecule has 1 atom stereocenters. The molecule has 1 saturated heterocycles. The van der Waals surface area contributed by atoms with Gasteiger partial charge in [0.2, 0.25) is 0 Å². The Morgan fingerprint density at radius 3 is 3.00 bits per heavy atom. The van der Waals surface area contributed by atoms with E-state index in [4.69, 9.17) is 14.2 Å². The first-order chi connectivity index (χ1) is 10.3. The summed E-state index contributed by atoms with van der Waals surface area (Å²) in [6.07, 6.45) is 0.132. The molecule has 1 aliphatic heterocycles. The van der Waals surface area contributed by atoms with Crippen LogP contribution in [-0.4, -0.2) is 58.0 Å². The Hall–Kier alpha value is -1.30. The van der Waals surface area contributed by atoms with E-state index < -0.39 is 0 Å². The zero-order valence-corrected chi connectivity index (χ0v) is 13.2. The summed E-state index contributed by atoms with van der Waals surface area (Å²) >= 11 is 0. The summed E-state index contributed by atoms with van der Waals surface area (Å²) in [5, 5.41) is 3.16. The van der Waals surface area contributed by atoms with Gasteiger partial charge in [0.25, 0.3) is 0 Å². The van der Waals surface area contributed by atoms with Crippen LogP contribution in [0.5, 0.6) is 11.5 Å². The molecule has 0 aromatic heterocycles. The van der Waals surface area contributed by atoms with Crippen LogP contribution < -0.4 is 14.8 Å². The van der Waals surface area contributed by atoms with E-state index in [2.05, 4.69) is 17.1 Å². The molecule has 1 aromatic rings. The van der Waals surface area contributed by atoms with Crippen LogP contribution in [0.25, 0.3) is 0 Å². The van der Waals surface area contributed by atoms with Gasteiger partial charge >= 0.3 is 0 Å². The van der Waals surface area contributed by atoms with E-state index in [0.717, 1.165) is 49.8 Å². The van der Waals surface area contributed by atoms with Crippen LogP contribution in [-0.2, 0) is 11.3 Å². The Bertz CT molecular complexity index is 440. The molecule has 0 amide bonds. The molecule has 1 heterocycles. The van der Waals surface area contributed by atoms with Gasteiger partial charge in [-0.25, -0.2) is 0 Å². The lowest BCUT2D eigenvalue weighted by molar-refractivity contribution is -0.0465. The SMILES string of the molecule is CCN1CCOC(COc2cc(OC)ccc2CNC)C1. The maximum atomic E-state index is 5.99. The van der Waals surface area contributed by atoms with Gasteiger partial charge in [-0.1, -0.05) is 13.0 Å². The molecule has 1 aliphatic rings. The number of rotatable bonds is 7. The van der Waals surface area contributed by atoms with E-state index in [0.29, 0.717) is 6.61 Å². The van der Waals surface area contributed by atoms with Gasteiger partial charge in [0.05, 0.1) is 13.7 Å². The van der Waals surface area contributed by atoms with Crippen LogP contribution in [0.2, 0.25) is 0 Å². The van der Waals surface area contributed by atoms with E-state index >= 15 is 0 Å². The zero-order chi connectivity index (χ0) is 15.1. The normalized spacial score (nSPS) is 19.5. The van der Waals surface area contributed by atoms with Gasteiger partial charge in [-0.05, 0) is 19.7 Å². The summed E-state index contributed by atoms with van der Waals surface area (Å²) < 4.78 is 17.0. The number of hydrogen-bond donors (Lipinski definition) is 1. The second-order valence-electron chi connectivity index (χ2n) is 5.20. The summed E-state index contributed by atoms with van der Waals surface area (Å²) in [5.74, 6) is 1.67. The Morgan fingerprint density at radius 2 is 2.29 bits per heavy atom. The summed E-state index contributed by atoms with van der Waals surface area (Å²) in [6.45, 7) is 7.30. The number of ether oxygens (including phenoxy) is 3. The third kappa shape index (κ3) is 4.59. The molecule has 0 saturated carbocycles. The molecule has 21 heavy (non-hydrogen) atoms. The van der Waals surface area contributed by atoms with Crippen molar-refractivity contribution in [3.05, 3.63) is 23.8 Å². The monoisotopic (exact) mass is 294 g/mol. The van der Waals surface area contributed by atoms with E-state index in [-0.39, 0.29) is 6.10 Å². The average molecular weight is 294 g/mol. The van der Waals surface area contributed by atoms with Gasteiger partial charge in [-0.15, -0.1) is 0 Å². The standard InChI is InChI=1S/C16H26N2O3/c1-4-18-7-8-20-15(11-18)12-21-16-9-14(19-3)6-5-13(16)10-17-2/h5-6,9,15,17H,4,7-8,10-12H2,1-3H3. The second-order valence-corrected chi connectivity index (χ2v) is 5.20. The van der Waals surface area contributed by atoms with Gasteiger partial charge in [-0.2, -0.15) is 0 Å². The number of likely N-dealkylation sites (N-methyl/N-ethyl adjacent to an activating group) is 1. The largest absolute Gasteiger partial charge is 0.497 e. The average Bonchev–Trinajstić information content (AvgIpc) is 2.54. The first-order valence-electron chi connectivity index (χ1n) is 7.55. The van der Waals surface area contributed by atoms with Gasteiger partial charge in [0, 0.05) is 31.3 Å². The fourth-order valence-electron chi connectivity index (χ4n) is 2.48. The Labute approximate surface area is 127 Å². The van der Waals surface area contributed by atoms with Crippen molar-refractivity contribution >= 4 is 0 Å². The minimum absolute atomic E-state index is 0.132. The molecule has 1 aromatic carbocycles. The van der Waals surface area contributed by atoms with Gasteiger partial charge in [0.15, 0.2) is 0 Å². The molecule has 2 rings (SSSR count). The highest BCUT2D eigenvalue weighted by molar-refractivity contribution is 5.40. The molecule has 118 valence electrons. The second kappa shape index (κ2) is 8.22. The number of methoxy groups -OCH3 is 1. The topological polar surface area (TPSA) is 43.0 Å². The Morgan fingerprint density at radius 1 is 1.43 bits per heavy atom. The summed E-state index contributed by atoms with van der Waals surface area (Å²) in [5.41, 5.74) is 1.13. The predicted molar refractivity (Wildman–Crippen MR) is 83.1 cm³/mol. The van der Waals surface area contributed by atoms with Crippen molar-refractivity contribution in [2.45, 2.75) is 19.6 Å². The molecule has 5 nitrogen and oxygen atoms in total. The summed E-state index contributed by atoms with van der Waals surface area (Å²) in [7, 11) is 3.59. The van der Waals surface area contributed by atoms with E-state index in [1.165, 1.54) is 0 Å². The van der Waals surface area contributed by atoms with E-state index in [1.807, 2.05) is 25.2 Å². The van der Waals surface area contributed by atoms with Gasteiger partial charge in [-0.3, -0.25) is 4.90 Å². The van der Waals surface area contributed by atoms with Crippen LogP contribution in [0.4, 0.5) is 0 Å². The minimum atomic E-state index is 0.132. The summed E-state index contributed by atoms with van der Waals surface area (Å²) in [4.78, 5) is 2.39. The maximum Gasteiger partial charge on any atom is 0.127 e. The third-order valence-corrected chi connectivity index (χ3v) is 3.74. The predicted octanol–water partition coefficient (Wildman–Crippen LogP) is 1.51. The lowest BCUT2D eigenvalue weighted by Gasteiger charge is -2.32. The van der Waals surface area contributed by atoms with Crippen molar-refractivity contribution in [3.8, 4) is 11.5 Å². The number of hydrogen-bond acceptors (Lipinski definition) is 5. The van der Waals surface area contributed by atoms with Crippen molar-refractivity contribution in [2.24, 2.45) is 0 Å². The van der Waals surface area contributed by atoms with E-state index in [1.54, 1.807) is 7.11 Å². The van der Waals surface area contributed by atoms with Crippen LogP contribution in [0, 0.1) is 0 Å². The molecular weight excluding hydrogens is 268 g/mol. The third-order valence-electron chi connectivity index (χ3n) is 3.74. The Kier molecular flexibility index (Phi) is 6.29. The number of nitrogens with one attached hydrogen (secondary N) is 1. The van der Waals surface area contributed by atoms with Crippen molar-refractivity contribution in [1.29, 1.82) is 0 Å². The van der Waals surface area contributed by atoms with Gasteiger partial charge < -0.3 is 19.5 Å². The van der Waals surface area contributed by atoms with Crippen LogP contribution in [0.15, 0.2) is 18.2 Å². The molecule has 0 bridgehead atoms. The molecule has 1 unspecified atom stereocenters. The molecule has 0 radical (unpaired) electrons. The van der Waals surface area contributed by atoms with Crippen LogP contribution in [0.3, 0.4) is 0 Å². The molecular formula is C16H26N2O3. The van der Waals surface area contributed by atoms with Crippen molar-refractivity contribution in [2.75, 3.05) is 47.0 Å². The number of morpholine rings is 1. The summed E-state index contributed by atoms with van der Waals surface area (Å²) in [6, 6.07) is 5.92. The highest BCUT2D eigenvalue weighted by Gasteiger charge is 2.20. The van der Waals surface area contributed by atoms with E-state index in [9.17, 15) is 0 Å². The van der Waals surface area contributed by atoms with Crippen molar-refractivity contribution in [3.63, 3.8) is 0 Å². The Balaban J connectivity index is 1.97. The lowest BCUT2D eigenvalue weighted by atomic mass is 10.2. The minimum Gasteiger partial charge on any atom is -0.497 e. The molecule has 5 heteroatoms. The number of benzene rings is 1. The molecule has 1 fully saturated rings. The van der Waals surface area contributed by atoms with Crippen molar-refractivity contribution < 1.29 is 14.2 Å². The zero-order valence-electron chi connectivity index (χ0n) is 13.2. The van der Waals surface area contributed by atoms with Crippen LogP contribution in [0.1, 0.15) is 12.5 Å². The quantitative estimate of drug-likeness (QED) is 0.826. The molecule has 1 N–H and O–H groups in total. The van der Waals surface area contributed by atoms with Crippen molar-refractivity contribution in [1.82, 2.24) is 10.2 Å². The smallest absolute Gasteiger partial charge is 0.127 e. The lowest BCUT2D eigenvalue weighted by Crippen LogP contribution is -2.44. The molecule has 0 spiro atoms. The maximum absolute atomic E-state index is 5.99. The van der Waals surface area contributed by atoms with Gasteiger partial charge in [0.1, 0.15) is 24.2 Å². The highest BCUT2D eigenvalue weighted by Crippen LogP contribution is 2.25. The first kappa shape index (κ1) is 16.1. The fourth-order valence-corrected chi connectivity index (χ4v) is 2.48.